The van der Waals surface area contributed by atoms with Gasteiger partial charge in [-0.3, -0.25) is 14.6 Å². The van der Waals surface area contributed by atoms with Crippen molar-refractivity contribution >= 4 is 23.9 Å². The molecule has 0 saturated carbocycles. The van der Waals surface area contributed by atoms with E-state index < -0.39 is 29.8 Å². The van der Waals surface area contributed by atoms with E-state index in [1.165, 1.54) is 32.7 Å². The molecule has 10 nitrogen and oxygen atoms in total. The number of ether oxygens (including phenoxy) is 2. The molecule has 2 N–H and O–H groups in total. The second-order valence-corrected chi connectivity index (χ2v) is 4.88. The van der Waals surface area contributed by atoms with Crippen molar-refractivity contribution in [3.05, 3.63) is 29.6 Å². The maximum atomic E-state index is 12.4. The van der Waals surface area contributed by atoms with Crippen LogP contribution in [-0.2, 0) is 19.1 Å². The largest absolute Gasteiger partial charge is 0.495 e. The van der Waals surface area contributed by atoms with Crippen LogP contribution in [0.25, 0.3) is 5.53 Å². The number of ketones is 1. The summed E-state index contributed by atoms with van der Waals surface area (Å²) in [6.07, 6.45) is 2.01. The molecule has 1 amide bonds. The number of Topliss-reactive ketones (excluding diaryl/α,β-unsaturated/α-hetero) is 1. The van der Waals surface area contributed by atoms with Crippen LogP contribution in [0.4, 0.5) is 0 Å². The van der Waals surface area contributed by atoms with Crippen molar-refractivity contribution in [3.63, 3.8) is 0 Å². The summed E-state index contributed by atoms with van der Waals surface area (Å²) in [4.78, 5) is 41.4. The first-order valence-electron chi connectivity index (χ1n) is 7.18. The molecule has 0 spiro atoms. The Morgan fingerprint density at radius 2 is 2.16 bits per heavy atom. The summed E-state index contributed by atoms with van der Waals surface area (Å²) < 4.78 is 10.3. The summed E-state index contributed by atoms with van der Waals surface area (Å²) >= 11 is 0. The summed E-state index contributed by atoms with van der Waals surface area (Å²) in [5.41, 5.74) is 8.65. The first kappa shape index (κ1) is 19.9. The van der Waals surface area contributed by atoms with Crippen LogP contribution in [0.15, 0.2) is 18.5 Å². The molecule has 134 valence electrons. The van der Waals surface area contributed by atoms with Gasteiger partial charge in [-0.15, -0.1) is 0 Å². The molecule has 1 heterocycles. The topological polar surface area (TPSA) is 151 Å². The van der Waals surface area contributed by atoms with Gasteiger partial charge in [-0.05, 0) is 12.5 Å². The van der Waals surface area contributed by atoms with Gasteiger partial charge in [-0.2, -0.15) is 4.79 Å². The van der Waals surface area contributed by atoms with E-state index in [2.05, 4.69) is 15.1 Å². The number of nitrogens with one attached hydrogen (secondary N) is 1. The summed E-state index contributed by atoms with van der Waals surface area (Å²) in [6, 6.07) is 0.206. The lowest BCUT2D eigenvalue weighted by Crippen LogP contribution is -2.43. The van der Waals surface area contributed by atoms with Gasteiger partial charge in [-0.25, -0.2) is 4.79 Å². The highest BCUT2D eigenvalue weighted by Crippen LogP contribution is 2.26. The number of carbonyl (C=O) groups is 3. The Hall–Kier alpha value is -3.10. The SMILES string of the molecule is COc1cnccc1[C@H](OC)C(=O)N[C@@H](CCC(=O)C=[N+]=[N-])C(=O)O. The third-order valence-electron chi connectivity index (χ3n) is 3.29. The Balaban J connectivity index is 2.88. The Morgan fingerprint density at radius 3 is 2.72 bits per heavy atom. The fraction of sp³-hybridized carbons (Fsp3) is 0.400. The van der Waals surface area contributed by atoms with Crippen LogP contribution in [0.3, 0.4) is 0 Å². The minimum absolute atomic E-state index is 0.171. The molecule has 0 unspecified atom stereocenters. The normalized spacial score (nSPS) is 12.4. The molecule has 10 heteroatoms. The quantitative estimate of drug-likeness (QED) is 0.342. The Kier molecular flexibility index (Phi) is 7.91. The van der Waals surface area contributed by atoms with Crippen molar-refractivity contribution < 1.29 is 33.8 Å². The third kappa shape index (κ3) is 5.79. The number of carbonyl (C=O) groups excluding carboxylic acids is 2. The van der Waals surface area contributed by atoms with Gasteiger partial charge in [0.2, 0.25) is 5.78 Å². The molecule has 0 saturated heterocycles. The van der Waals surface area contributed by atoms with E-state index in [-0.39, 0.29) is 12.8 Å². The predicted molar refractivity (Wildman–Crippen MR) is 84.0 cm³/mol. The number of hydrogen-bond donors (Lipinski definition) is 2. The van der Waals surface area contributed by atoms with Crippen molar-refractivity contribution in [1.29, 1.82) is 0 Å². The molecule has 0 bridgehead atoms. The minimum Gasteiger partial charge on any atom is -0.495 e. The first-order chi connectivity index (χ1) is 11.9. The molecule has 0 aliphatic carbocycles. The fourth-order valence-electron chi connectivity index (χ4n) is 2.07. The lowest BCUT2D eigenvalue weighted by molar-refractivity contribution is -0.144. The third-order valence-corrected chi connectivity index (χ3v) is 3.29. The fourth-order valence-corrected chi connectivity index (χ4v) is 2.07. The first-order valence-corrected chi connectivity index (χ1v) is 7.18. The van der Waals surface area contributed by atoms with E-state index in [1.54, 1.807) is 0 Å². The summed E-state index contributed by atoms with van der Waals surface area (Å²) in [6.45, 7) is 0. The van der Waals surface area contributed by atoms with E-state index in [1.807, 2.05) is 0 Å². The van der Waals surface area contributed by atoms with E-state index in [4.69, 9.17) is 15.0 Å². The number of aliphatic carboxylic acids is 1. The highest BCUT2D eigenvalue weighted by atomic mass is 16.5. The number of hydrogen-bond acceptors (Lipinski definition) is 6. The number of amides is 1. The van der Waals surface area contributed by atoms with Gasteiger partial charge in [0.15, 0.2) is 6.10 Å². The second-order valence-electron chi connectivity index (χ2n) is 4.88. The number of rotatable bonds is 10. The predicted octanol–water partition coefficient (Wildman–Crippen LogP) is -0.00300. The maximum Gasteiger partial charge on any atom is 0.326 e. The van der Waals surface area contributed by atoms with Crippen LogP contribution >= 0.6 is 0 Å². The van der Waals surface area contributed by atoms with E-state index in [0.29, 0.717) is 17.5 Å². The molecule has 0 aromatic carbocycles. The van der Waals surface area contributed by atoms with Gasteiger partial charge in [0.25, 0.3) is 5.91 Å². The Labute approximate surface area is 143 Å². The van der Waals surface area contributed by atoms with Crippen molar-refractivity contribution in [3.8, 4) is 5.75 Å². The van der Waals surface area contributed by atoms with Crippen LogP contribution in [0.5, 0.6) is 5.75 Å². The highest BCUT2D eigenvalue weighted by molar-refractivity contribution is 6.25. The number of nitrogens with zero attached hydrogens (tertiary/aromatic N) is 3. The van der Waals surface area contributed by atoms with Gasteiger partial charge in [-0.1, -0.05) is 0 Å². The molecule has 0 aliphatic rings. The van der Waals surface area contributed by atoms with Crippen LogP contribution in [0.1, 0.15) is 24.5 Å². The molecule has 1 rings (SSSR count). The van der Waals surface area contributed by atoms with E-state index >= 15 is 0 Å². The molecular weight excluding hydrogens is 332 g/mol. The Morgan fingerprint density at radius 1 is 1.44 bits per heavy atom. The molecule has 0 radical (unpaired) electrons. The number of aromatic nitrogens is 1. The summed E-state index contributed by atoms with van der Waals surface area (Å²) in [7, 11) is 2.70. The zero-order chi connectivity index (χ0) is 18.8. The lowest BCUT2D eigenvalue weighted by atomic mass is 10.1. The standard InChI is InChI=1S/C15H18N4O6/c1-24-12-8-17-6-5-10(12)13(25-2)14(21)19-11(15(22)23)4-3-9(20)7-18-16/h5-8,11,13H,3-4H2,1-2H3,(H,19,21)(H,22,23)/t11-,13-/m0/s1. The zero-order valence-corrected chi connectivity index (χ0v) is 13.7. The van der Waals surface area contributed by atoms with Crippen molar-refractivity contribution in [2.24, 2.45) is 0 Å². The Bertz CT molecular complexity index is 686. The van der Waals surface area contributed by atoms with Crippen LogP contribution in [0, 0.1) is 0 Å². The second kappa shape index (κ2) is 9.91. The van der Waals surface area contributed by atoms with Crippen molar-refractivity contribution in [2.75, 3.05) is 14.2 Å². The zero-order valence-electron chi connectivity index (χ0n) is 13.7. The van der Waals surface area contributed by atoms with Gasteiger partial charge >= 0.3 is 12.2 Å². The van der Waals surface area contributed by atoms with Gasteiger partial charge < -0.3 is 25.4 Å². The van der Waals surface area contributed by atoms with Gasteiger partial charge in [0.1, 0.15) is 11.8 Å². The van der Waals surface area contributed by atoms with Gasteiger partial charge in [0.05, 0.1) is 13.3 Å². The van der Waals surface area contributed by atoms with E-state index in [9.17, 15) is 19.5 Å². The lowest BCUT2D eigenvalue weighted by Gasteiger charge is -2.20. The average Bonchev–Trinajstić information content (AvgIpc) is 2.59. The van der Waals surface area contributed by atoms with Crippen LogP contribution in [-0.4, -0.2) is 59.0 Å². The number of carboxylic acid groups (broad SMARTS) is 1. The molecule has 0 aliphatic heterocycles. The minimum atomic E-state index is -1.31. The van der Waals surface area contributed by atoms with Crippen molar-refractivity contribution in [2.45, 2.75) is 25.0 Å². The molecule has 2 atom stereocenters. The van der Waals surface area contributed by atoms with E-state index in [0.717, 1.165) is 0 Å². The highest BCUT2D eigenvalue weighted by Gasteiger charge is 2.28. The summed E-state index contributed by atoms with van der Waals surface area (Å²) in [5.74, 6) is -2.27. The number of pyridine rings is 1. The van der Waals surface area contributed by atoms with Crippen molar-refractivity contribution in [1.82, 2.24) is 10.3 Å². The molecule has 1 aromatic rings. The molecular formula is C15H18N4O6. The van der Waals surface area contributed by atoms with Crippen LogP contribution in [0.2, 0.25) is 0 Å². The number of methoxy groups -OCH3 is 2. The molecule has 1 aromatic heterocycles. The maximum absolute atomic E-state index is 12.4. The van der Waals surface area contributed by atoms with Gasteiger partial charge in [0, 0.05) is 25.3 Å². The summed E-state index contributed by atoms with van der Waals surface area (Å²) in [5, 5.41) is 11.5. The average molecular weight is 350 g/mol. The monoisotopic (exact) mass is 350 g/mol. The molecule has 0 fully saturated rings. The number of carboxylic acids is 1. The smallest absolute Gasteiger partial charge is 0.326 e. The molecule has 25 heavy (non-hydrogen) atoms. The van der Waals surface area contributed by atoms with Crippen LogP contribution < -0.4 is 10.1 Å².